The monoisotopic (exact) mass is 526 g/mol. The fourth-order valence-corrected chi connectivity index (χ4v) is 5.15. The Hall–Kier alpha value is -3.50. The van der Waals surface area contributed by atoms with Gasteiger partial charge >= 0.3 is 0 Å². The minimum absolute atomic E-state index is 0.168. The number of halogens is 2. The van der Waals surface area contributed by atoms with Gasteiger partial charge in [-0.1, -0.05) is 0 Å². The van der Waals surface area contributed by atoms with E-state index in [0.717, 1.165) is 12.5 Å². The first-order valence-corrected chi connectivity index (χ1v) is 12.8. The molecule has 1 N–H and O–H groups in total. The summed E-state index contributed by atoms with van der Waals surface area (Å²) >= 11 is 0. The number of benzene rings is 2. The number of nitrogens with zero attached hydrogens (tertiary/aromatic N) is 3. The van der Waals surface area contributed by atoms with Crippen molar-refractivity contribution in [3.05, 3.63) is 69.4 Å². The highest BCUT2D eigenvalue weighted by molar-refractivity contribution is 5.99. The van der Waals surface area contributed by atoms with Crippen LogP contribution in [0.25, 0.3) is 11.0 Å². The lowest BCUT2D eigenvalue weighted by molar-refractivity contribution is 0.0783. The van der Waals surface area contributed by atoms with Crippen molar-refractivity contribution in [2.75, 3.05) is 63.7 Å². The molecule has 5 rings (SSSR count). The van der Waals surface area contributed by atoms with Gasteiger partial charge in [-0.05, 0) is 51.7 Å². The number of likely N-dealkylation sites (N-methyl/N-ethyl adjacent to an activating group) is 1. The summed E-state index contributed by atoms with van der Waals surface area (Å²) in [6.45, 7) is 5.22. The van der Waals surface area contributed by atoms with Gasteiger partial charge in [0.2, 0.25) is 0 Å². The number of morpholine rings is 1. The molecule has 2 aliphatic rings. The lowest BCUT2D eigenvalue weighted by atomic mass is 9.99. The van der Waals surface area contributed by atoms with Crippen LogP contribution in [-0.4, -0.2) is 75.2 Å². The standard InChI is InChI=1S/C28H32F2N4O4/c1-17(31-21-13-19(29)12-20(30)14-21)23-10-18(28(36)34-5-4-22(16-34)32(2)3)11-24-25(35)15-26(38-27(23)24)33-6-8-37-9-7-33/h10-15,17,22,31H,4-9,16H2,1-3H3. The molecule has 2 saturated heterocycles. The molecule has 10 heteroatoms. The van der Waals surface area contributed by atoms with Crippen LogP contribution in [-0.2, 0) is 4.74 Å². The molecular formula is C28H32F2N4O4. The second-order valence-corrected chi connectivity index (χ2v) is 10.2. The van der Waals surface area contributed by atoms with Gasteiger partial charge in [-0.15, -0.1) is 0 Å². The number of likely N-dealkylation sites (tertiary alicyclic amines) is 1. The predicted octanol–water partition coefficient (Wildman–Crippen LogP) is 3.86. The van der Waals surface area contributed by atoms with Crippen molar-refractivity contribution < 1.29 is 22.7 Å². The summed E-state index contributed by atoms with van der Waals surface area (Å²) in [5.74, 6) is -1.17. The molecule has 0 saturated carbocycles. The first-order valence-electron chi connectivity index (χ1n) is 12.8. The zero-order valence-electron chi connectivity index (χ0n) is 21.8. The van der Waals surface area contributed by atoms with Crippen LogP contribution in [0.1, 0.15) is 35.3 Å². The Morgan fingerprint density at radius 3 is 2.42 bits per heavy atom. The number of amides is 1. The largest absolute Gasteiger partial charge is 0.440 e. The van der Waals surface area contributed by atoms with Crippen molar-refractivity contribution in [2.45, 2.75) is 25.4 Å². The van der Waals surface area contributed by atoms with Crippen LogP contribution in [0.15, 0.2) is 45.6 Å². The Balaban J connectivity index is 1.58. The van der Waals surface area contributed by atoms with Crippen LogP contribution < -0.4 is 15.6 Å². The molecular weight excluding hydrogens is 494 g/mol. The summed E-state index contributed by atoms with van der Waals surface area (Å²) in [6.07, 6.45) is 0.868. The number of carbonyl (C=O) groups is 1. The Morgan fingerprint density at radius 1 is 1.05 bits per heavy atom. The zero-order chi connectivity index (χ0) is 27.0. The quantitative estimate of drug-likeness (QED) is 0.523. The molecule has 1 amide bonds. The summed E-state index contributed by atoms with van der Waals surface area (Å²) in [7, 11) is 3.99. The van der Waals surface area contributed by atoms with Gasteiger partial charge in [-0.3, -0.25) is 9.59 Å². The maximum Gasteiger partial charge on any atom is 0.253 e. The third-order valence-electron chi connectivity index (χ3n) is 7.31. The Bertz CT molecular complexity index is 1380. The molecule has 3 heterocycles. The molecule has 1 aromatic heterocycles. The van der Waals surface area contributed by atoms with E-state index in [-0.39, 0.29) is 28.5 Å². The Labute approximate surface area is 219 Å². The normalized spacial score (nSPS) is 18.8. The molecule has 2 aliphatic heterocycles. The van der Waals surface area contributed by atoms with Crippen molar-refractivity contribution in [3.63, 3.8) is 0 Å². The number of anilines is 2. The molecule has 8 nitrogen and oxygen atoms in total. The van der Waals surface area contributed by atoms with Crippen LogP contribution in [0.2, 0.25) is 0 Å². The summed E-state index contributed by atoms with van der Waals surface area (Å²) < 4.78 is 39.4. The van der Waals surface area contributed by atoms with E-state index in [4.69, 9.17) is 9.15 Å². The molecule has 3 aromatic rings. The minimum atomic E-state index is -0.709. The molecule has 0 radical (unpaired) electrons. The summed E-state index contributed by atoms with van der Waals surface area (Å²) in [6, 6.07) is 7.67. The lowest BCUT2D eigenvalue weighted by Crippen LogP contribution is -2.36. The van der Waals surface area contributed by atoms with Gasteiger partial charge in [0.15, 0.2) is 11.3 Å². The van der Waals surface area contributed by atoms with E-state index in [2.05, 4.69) is 10.2 Å². The number of ether oxygens (including phenoxy) is 1. The van der Waals surface area contributed by atoms with Gasteiger partial charge in [0, 0.05) is 61.2 Å². The van der Waals surface area contributed by atoms with E-state index < -0.39 is 17.7 Å². The molecule has 2 fully saturated rings. The average molecular weight is 527 g/mol. The van der Waals surface area contributed by atoms with E-state index in [0.29, 0.717) is 62.0 Å². The number of rotatable bonds is 6. The molecule has 202 valence electrons. The SMILES string of the molecule is CC(Nc1cc(F)cc(F)c1)c1cc(C(=O)N2CCC(N(C)C)C2)cc2c(=O)cc(N3CCOCC3)oc12. The molecule has 2 unspecified atom stereocenters. The van der Waals surface area contributed by atoms with E-state index in [1.165, 1.54) is 18.2 Å². The third-order valence-corrected chi connectivity index (χ3v) is 7.31. The van der Waals surface area contributed by atoms with Gasteiger partial charge in [-0.25, -0.2) is 8.78 Å². The molecule has 38 heavy (non-hydrogen) atoms. The average Bonchev–Trinajstić information content (AvgIpc) is 3.38. The van der Waals surface area contributed by atoms with Crippen LogP contribution >= 0.6 is 0 Å². The smallest absolute Gasteiger partial charge is 0.253 e. The second kappa shape index (κ2) is 10.7. The topological polar surface area (TPSA) is 78.3 Å². The maximum atomic E-state index is 13.9. The molecule has 0 aliphatic carbocycles. The first-order chi connectivity index (χ1) is 18.2. The molecule has 2 atom stereocenters. The van der Waals surface area contributed by atoms with Crippen molar-refractivity contribution in [2.24, 2.45) is 0 Å². The van der Waals surface area contributed by atoms with Gasteiger partial charge in [-0.2, -0.15) is 0 Å². The van der Waals surface area contributed by atoms with Crippen LogP contribution in [0, 0.1) is 11.6 Å². The van der Waals surface area contributed by atoms with Crippen molar-refractivity contribution in [1.82, 2.24) is 9.80 Å². The van der Waals surface area contributed by atoms with Crippen molar-refractivity contribution in [1.29, 1.82) is 0 Å². The van der Waals surface area contributed by atoms with Crippen molar-refractivity contribution >= 4 is 28.4 Å². The van der Waals surface area contributed by atoms with E-state index in [1.54, 1.807) is 24.0 Å². The highest BCUT2D eigenvalue weighted by atomic mass is 19.1. The van der Waals surface area contributed by atoms with E-state index in [1.807, 2.05) is 19.0 Å². The number of hydrogen-bond acceptors (Lipinski definition) is 7. The highest BCUT2D eigenvalue weighted by Crippen LogP contribution is 2.31. The number of fused-ring (bicyclic) bond motifs is 1. The van der Waals surface area contributed by atoms with Gasteiger partial charge < -0.3 is 29.2 Å². The highest BCUT2D eigenvalue weighted by Gasteiger charge is 2.29. The predicted molar refractivity (Wildman–Crippen MR) is 142 cm³/mol. The molecule has 2 aromatic carbocycles. The van der Waals surface area contributed by atoms with Gasteiger partial charge in [0.05, 0.1) is 24.6 Å². The Kier molecular flexibility index (Phi) is 7.36. The first kappa shape index (κ1) is 26.1. The second-order valence-electron chi connectivity index (χ2n) is 10.2. The summed E-state index contributed by atoms with van der Waals surface area (Å²) in [4.78, 5) is 32.7. The van der Waals surface area contributed by atoms with Crippen LogP contribution in [0.3, 0.4) is 0 Å². The molecule has 0 bridgehead atoms. The van der Waals surface area contributed by atoms with E-state index in [9.17, 15) is 18.4 Å². The fraction of sp³-hybridized carbons (Fsp3) is 0.429. The van der Waals surface area contributed by atoms with Crippen LogP contribution in [0.5, 0.6) is 0 Å². The lowest BCUT2D eigenvalue weighted by Gasteiger charge is -2.28. The maximum absolute atomic E-state index is 13.9. The van der Waals surface area contributed by atoms with Crippen LogP contribution in [0.4, 0.5) is 20.4 Å². The fourth-order valence-electron chi connectivity index (χ4n) is 5.15. The number of hydrogen-bond donors (Lipinski definition) is 1. The summed E-state index contributed by atoms with van der Waals surface area (Å²) in [5.41, 5.74) is 1.23. The van der Waals surface area contributed by atoms with Crippen molar-refractivity contribution in [3.8, 4) is 0 Å². The number of carbonyl (C=O) groups excluding carboxylic acids is 1. The van der Waals surface area contributed by atoms with Gasteiger partial charge in [0.1, 0.15) is 17.2 Å². The van der Waals surface area contributed by atoms with E-state index >= 15 is 0 Å². The van der Waals surface area contributed by atoms with Gasteiger partial charge in [0.25, 0.3) is 5.91 Å². The summed E-state index contributed by atoms with van der Waals surface area (Å²) in [5, 5.41) is 3.38. The Morgan fingerprint density at radius 2 is 1.76 bits per heavy atom. The third kappa shape index (κ3) is 5.37. The zero-order valence-corrected chi connectivity index (χ0v) is 21.8. The minimum Gasteiger partial charge on any atom is -0.440 e. The number of nitrogens with one attached hydrogen (secondary N) is 1. The molecule has 0 spiro atoms.